The summed E-state index contributed by atoms with van der Waals surface area (Å²) in [6.45, 7) is 1.71. The molecule has 1 aromatic carbocycles. The maximum absolute atomic E-state index is 9.26. The van der Waals surface area contributed by atoms with Crippen molar-refractivity contribution in [1.82, 2.24) is 5.32 Å². The summed E-state index contributed by atoms with van der Waals surface area (Å²) in [5, 5.41) is 12.8. The number of nitrogens with one attached hydrogen (secondary N) is 1. The summed E-state index contributed by atoms with van der Waals surface area (Å²) in [5.74, 6) is 0.310. The van der Waals surface area contributed by atoms with Gasteiger partial charge in [-0.3, -0.25) is 0 Å². The molecule has 0 bridgehead atoms. The van der Waals surface area contributed by atoms with Crippen molar-refractivity contribution in [3.8, 4) is 5.75 Å². The predicted octanol–water partition coefficient (Wildman–Crippen LogP) is 1.62. The van der Waals surface area contributed by atoms with E-state index in [9.17, 15) is 5.11 Å². The molecule has 0 amide bonds. The molecular weight excluding hydrogens is 190 g/mol. The van der Waals surface area contributed by atoms with E-state index in [1.807, 2.05) is 12.1 Å². The first-order valence-corrected chi connectivity index (χ1v) is 5.30. The molecule has 82 valence electrons. The van der Waals surface area contributed by atoms with Gasteiger partial charge in [-0.05, 0) is 37.1 Å². The fourth-order valence-electron chi connectivity index (χ4n) is 2.29. The van der Waals surface area contributed by atoms with E-state index >= 15 is 0 Å². The van der Waals surface area contributed by atoms with Gasteiger partial charge in [0.05, 0.1) is 12.1 Å². The Kier molecular flexibility index (Phi) is 2.93. The Labute approximate surface area is 90.1 Å². The van der Waals surface area contributed by atoms with Gasteiger partial charge in [0.15, 0.2) is 0 Å². The van der Waals surface area contributed by atoms with E-state index in [0.29, 0.717) is 12.4 Å². The van der Waals surface area contributed by atoms with Crippen LogP contribution in [0.2, 0.25) is 0 Å². The second-order valence-electron chi connectivity index (χ2n) is 4.09. The summed E-state index contributed by atoms with van der Waals surface area (Å²) < 4.78 is 5.29. The molecule has 0 aliphatic carbocycles. The number of benzene rings is 1. The molecule has 0 radical (unpaired) electrons. The van der Waals surface area contributed by atoms with Crippen LogP contribution in [0.15, 0.2) is 24.3 Å². The van der Waals surface area contributed by atoms with E-state index in [0.717, 1.165) is 13.0 Å². The van der Waals surface area contributed by atoms with Crippen LogP contribution in [-0.4, -0.2) is 25.4 Å². The maximum Gasteiger partial charge on any atom is 0.115 e. The summed E-state index contributed by atoms with van der Waals surface area (Å²) in [6, 6.07) is 7.39. The van der Waals surface area contributed by atoms with Gasteiger partial charge in [-0.15, -0.1) is 0 Å². The number of rotatable bonds is 3. The van der Waals surface area contributed by atoms with E-state index in [1.165, 1.54) is 12.0 Å². The van der Waals surface area contributed by atoms with Crippen LogP contribution in [0, 0.1) is 0 Å². The van der Waals surface area contributed by atoms with E-state index in [1.54, 1.807) is 19.2 Å². The molecule has 1 heterocycles. The zero-order valence-electron chi connectivity index (χ0n) is 8.99. The van der Waals surface area contributed by atoms with Gasteiger partial charge in [0.25, 0.3) is 0 Å². The maximum atomic E-state index is 9.26. The van der Waals surface area contributed by atoms with Crippen LogP contribution >= 0.6 is 0 Å². The van der Waals surface area contributed by atoms with Crippen molar-refractivity contribution in [2.75, 3.05) is 20.3 Å². The number of ether oxygens (including phenoxy) is 1. The number of hydrogen-bond acceptors (Lipinski definition) is 3. The summed E-state index contributed by atoms with van der Waals surface area (Å²) in [4.78, 5) is 0. The molecular formula is C12H17NO2. The van der Waals surface area contributed by atoms with Crippen LogP contribution in [0.4, 0.5) is 0 Å². The van der Waals surface area contributed by atoms with Crippen molar-refractivity contribution in [3.05, 3.63) is 29.8 Å². The zero-order chi connectivity index (χ0) is 10.7. The van der Waals surface area contributed by atoms with Crippen molar-refractivity contribution >= 4 is 0 Å². The van der Waals surface area contributed by atoms with E-state index in [4.69, 9.17) is 4.74 Å². The Hall–Kier alpha value is -1.06. The lowest BCUT2D eigenvalue weighted by Crippen LogP contribution is -2.40. The summed E-state index contributed by atoms with van der Waals surface area (Å²) in [7, 11) is 1.72. The molecule has 0 saturated carbocycles. The Balaban J connectivity index is 2.28. The van der Waals surface area contributed by atoms with Gasteiger partial charge in [0.2, 0.25) is 0 Å². The van der Waals surface area contributed by atoms with Gasteiger partial charge < -0.3 is 15.2 Å². The molecule has 15 heavy (non-hydrogen) atoms. The van der Waals surface area contributed by atoms with Crippen molar-refractivity contribution < 1.29 is 9.84 Å². The van der Waals surface area contributed by atoms with E-state index in [2.05, 4.69) is 5.32 Å². The minimum absolute atomic E-state index is 0.0531. The molecule has 0 spiro atoms. The highest BCUT2D eigenvalue weighted by Crippen LogP contribution is 2.31. The van der Waals surface area contributed by atoms with Crippen LogP contribution in [0.3, 0.4) is 0 Å². The van der Waals surface area contributed by atoms with Crippen LogP contribution in [0.5, 0.6) is 5.75 Å². The molecule has 1 atom stereocenters. The first kappa shape index (κ1) is 10.5. The van der Waals surface area contributed by atoms with Gasteiger partial charge in [-0.2, -0.15) is 0 Å². The standard InChI is InChI=1S/C12H17NO2/c1-15-9-12(7-2-8-13-12)10-3-5-11(14)6-4-10/h3-6,13-14H,2,7-9H2,1H3. The lowest BCUT2D eigenvalue weighted by molar-refractivity contribution is 0.120. The predicted molar refractivity (Wildman–Crippen MR) is 58.9 cm³/mol. The Bertz CT molecular complexity index is 315. The third kappa shape index (κ3) is 1.98. The summed E-state index contributed by atoms with van der Waals surface area (Å²) in [5.41, 5.74) is 1.14. The van der Waals surface area contributed by atoms with Gasteiger partial charge in [0.1, 0.15) is 5.75 Å². The minimum Gasteiger partial charge on any atom is -0.508 e. The Morgan fingerprint density at radius 1 is 1.40 bits per heavy atom. The quantitative estimate of drug-likeness (QED) is 0.791. The van der Waals surface area contributed by atoms with Crippen molar-refractivity contribution in [3.63, 3.8) is 0 Å². The number of phenols is 1. The summed E-state index contributed by atoms with van der Waals surface area (Å²) in [6.07, 6.45) is 2.26. The largest absolute Gasteiger partial charge is 0.508 e. The molecule has 2 rings (SSSR count). The third-order valence-electron chi connectivity index (χ3n) is 3.05. The zero-order valence-corrected chi connectivity index (χ0v) is 8.99. The lowest BCUT2D eigenvalue weighted by atomic mass is 9.89. The van der Waals surface area contributed by atoms with Crippen LogP contribution in [0.25, 0.3) is 0 Å². The van der Waals surface area contributed by atoms with Crippen molar-refractivity contribution in [1.29, 1.82) is 0 Å². The highest BCUT2D eigenvalue weighted by molar-refractivity contribution is 5.32. The molecule has 3 nitrogen and oxygen atoms in total. The smallest absolute Gasteiger partial charge is 0.115 e. The number of aromatic hydroxyl groups is 1. The number of phenolic OH excluding ortho intramolecular Hbond substituents is 1. The van der Waals surface area contributed by atoms with Crippen molar-refractivity contribution in [2.24, 2.45) is 0 Å². The first-order valence-electron chi connectivity index (χ1n) is 5.30. The van der Waals surface area contributed by atoms with Gasteiger partial charge in [-0.1, -0.05) is 12.1 Å². The molecule has 1 fully saturated rings. The molecule has 3 heteroatoms. The first-order chi connectivity index (χ1) is 7.27. The van der Waals surface area contributed by atoms with E-state index in [-0.39, 0.29) is 5.54 Å². The van der Waals surface area contributed by atoms with Crippen LogP contribution in [-0.2, 0) is 10.3 Å². The van der Waals surface area contributed by atoms with Crippen LogP contribution in [0.1, 0.15) is 18.4 Å². The third-order valence-corrected chi connectivity index (χ3v) is 3.05. The average Bonchev–Trinajstić information content (AvgIpc) is 2.69. The fraction of sp³-hybridized carbons (Fsp3) is 0.500. The fourth-order valence-corrected chi connectivity index (χ4v) is 2.29. The lowest BCUT2D eigenvalue weighted by Gasteiger charge is -2.29. The minimum atomic E-state index is -0.0531. The normalized spacial score (nSPS) is 25.7. The molecule has 2 N–H and O–H groups in total. The van der Waals surface area contributed by atoms with Gasteiger partial charge in [-0.25, -0.2) is 0 Å². The number of methoxy groups -OCH3 is 1. The second kappa shape index (κ2) is 4.21. The van der Waals surface area contributed by atoms with Crippen molar-refractivity contribution in [2.45, 2.75) is 18.4 Å². The molecule has 1 aliphatic heterocycles. The monoisotopic (exact) mass is 207 g/mol. The number of hydrogen-bond donors (Lipinski definition) is 2. The van der Waals surface area contributed by atoms with Gasteiger partial charge in [0, 0.05) is 7.11 Å². The van der Waals surface area contributed by atoms with Gasteiger partial charge >= 0.3 is 0 Å². The highest BCUT2D eigenvalue weighted by atomic mass is 16.5. The summed E-state index contributed by atoms with van der Waals surface area (Å²) >= 11 is 0. The highest BCUT2D eigenvalue weighted by Gasteiger charge is 2.35. The molecule has 1 unspecified atom stereocenters. The Morgan fingerprint density at radius 3 is 2.67 bits per heavy atom. The molecule has 1 saturated heterocycles. The Morgan fingerprint density at radius 2 is 2.13 bits per heavy atom. The van der Waals surface area contributed by atoms with E-state index < -0.39 is 0 Å². The molecule has 0 aromatic heterocycles. The second-order valence-corrected chi connectivity index (χ2v) is 4.09. The molecule has 1 aromatic rings. The topological polar surface area (TPSA) is 41.5 Å². The van der Waals surface area contributed by atoms with Crippen LogP contribution < -0.4 is 5.32 Å². The average molecular weight is 207 g/mol. The SMILES string of the molecule is COCC1(c2ccc(O)cc2)CCCN1. The molecule has 1 aliphatic rings.